The second-order valence-electron chi connectivity index (χ2n) is 2.84. The Morgan fingerprint density at radius 2 is 1.87 bits per heavy atom. The van der Waals surface area contributed by atoms with Gasteiger partial charge in [-0.15, -0.1) is 0 Å². The first-order valence-electron chi connectivity index (χ1n) is 3.99. The second-order valence-corrected chi connectivity index (χ2v) is 4.02. The van der Waals surface area contributed by atoms with Crippen LogP contribution in [0.15, 0.2) is 30.3 Å². The summed E-state index contributed by atoms with van der Waals surface area (Å²) in [4.78, 5) is 11.0. The van der Waals surface area contributed by atoms with Gasteiger partial charge in [0.2, 0.25) is 5.91 Å². The topological polar surface area (TPSA) is 109 Å². The van der Waals surface area contributed by atoms with E-state index in [2.05, 4.69) is 0 Å². The van der Waals surface area contributed by atoms with Crippen molar-refractivity contribution in [3.8, 4) is 0 Å². The third kappa shape index (κ3) is 3.66. The maximum atomic E-state index is 11.0. The summed E-state index contributed by atoms with van der Waals surface area (Å²) in [5, 5.41) is 0. The second kappa shape index (κ2) is 4.39. The van der Waals surface area contributed by atoms with Crippen LogP contribution < -0.4 is 10.5 Å². The molecule has 0 radical (unpaired) electrons. The van der Waals surface area contributed by atoms with Gasteiger partial charge in [0.1, 0.15) is 6.04 Å². The lowest BCUT2D eigenvalue weighted by Gasteiger charge is -2.12. The highest BCUT2D eigenvalue weighted by molar-refractivity contribution is 7.83. The smallest absolute Gasteiger partial charge is 0.334 e. The fourth-order valence-corrected chi connectivity index (χ4v) is 1.63. The standard InChI is InChI=1S/C8H10N2O4S/c9-8(11)7(10-15(12,13)14)6-4-2-1-3-5-6/h1-5,7,10H,(H2,9,11)(H,12,13,14). The van der Waals surface area contributed by atoms with Crippen molar-refractivity contribution in [1.29, 1.82) is 0 Å². The molecule has 1 unspecified atom stereocenters. The van der Waals surface area contributed by atoms with E-state index < -0.39 is 22.3 Å². The molecule has 1 amide bonds. The predicted octanol–water partition coefficient (Wildman–Crippen LogP) is -0.395. The van der Waals surface area contributed by atoms with Gasteiger partial charge in [-0.2, -0.15) is 13.1 Å². The van der Waals surface area contributed by atoms with Gasteiger partial charge in [-0.05, 0) is 5.56 Å². The number of nitrogens with two attached hydrogens (primary N) is 1. The number of benzene rings is 1. The summed E-state index contributed by atoms with van der Waals surface area (Å²) < 4.78 is 31.4. The first-order valence-corrected chi connectivity index (χ1v) is 5.43. The van der Waals surface area contributed by atoms with E-state index in [4.69, 9.17) is 10.3 Å². The summed E-state index contributed by atoms with van der Waals surface area (Å²) in [6.45, 7) is 0. The van der Waals surface area contributed by atoms with Crippen LogP contribution in [0.1, 0.15) is 11.6 Å². The molecule has 0 aromatic heterocycles. The molecular weight excluding hydrogens is 220 g/mol. The minimum absolute atomic E-state index is 0.364. The zero-order chi connectivity index (χ0) is 11.5. The van der Waals surface area contributed by atoms with Crippen LogP contribution in [-0.2, 0) is 15.1 Å². The quantitative estimate of drug-likeness (QED) is 0.611. The third-order valence-electron chi connectivity index (χ3n) is 1.68. The van der Waals surface area contributed by atoms with Crippen LogP contribution in [0.3, 0.4) is 0 Å². The molecule has 0 aliphatic carbocycles. The lowest BCUT2D eigenvalue weighted by Crippen LogP contribution is -2.37. The highest BCUT2D eigenvalue weighted by Gasteiger charge is 2.22. The van der Waals surface area contributed by atoms with Crippen molar-refractivity contribution < 1.29 is 17.8 Å². The number of nitrogens with one attached hydrogen (secondary N) is 1. The average Bonchev–Trinajstić information content (AvgIpc) is 2.14. The van der Waals surface area contributed by atoms with Crippen molar-refractivity contribution in [3.05, 3.63) is 35.9 Å². The number of amides is 1. The van der Waals surface area contributed by atoms with Gasteiger partial charge in [0.25, 0.3) is 0 Å². The maximum Gasteiger partial charge on any atom is 0.334 e. The Hall–Kier alpha value is -1.44. The molecule has 0 fully saturated rings. The highest BCUT2D eigenvalue weighted by atomic mass is 32.2. The lowest BCUT2D eigenvalue weighted by atomic mass is 10.1. The number of rotatable bonds is 4. The van der Waals surface area contributed by atoms with E-state index in [0.29, 0.717) is 5.56 Å². The minimum atomic E-state index is -4.47. The summed E-state index contributed by atoms with van der Waals surface area (Å²) >= 11 is 0. The van der Waals surface area contributed by atoms with Crippen LogP contribution in [0.4, 0.5) is 0 Å². The Morgan fingerprint density at radius 1 is 1.33 bits per heavy atom. The van der Waals surface area contributed by atoms with Crippen molar-refractivity contribution in [2.45, 2.75) is 6.04 Å². The summed E-state index contributed by atoms with van der Waals surface area (Å²) in [5.41, 5.74) is 5.36. The first kappa shape index (κ1) is 11.6. The third-order valence-corrected chi connectivity index (χ3v) is 2.22. The molecule has 1 atom stereocenters. The monoisotopic (exact) mass is 230 g/mol. The molecule has 6 nitrogen and oxygen atoms in total. The lowest BCUT2D eigenvalue weighted by molar-refractivity contribution is -0.119. The molecule has 0 aliphatic heterocycles. The van der Waals surface area contributed by atoms with Crippen LogP contribution in [-0.4, -0.2) is 18.9 Å². The van der Waals surface area contributed by atoms with E-state index in [-0.39, 0.29) is 0 Å². The molecule has 0 heterocycles. The molecule has 1 aromatic carbocycles. The van der Waals surface area contributed by atoms with Gasteiger partial charge in [-0.1, -0.05) is 30.3 Å². The summed E-state index contributed by atoms with van der Waals surface area (Å²) in [6.07, 6.45) is 0. The molecule has 15 heavy (non-hydrogen) atoms. The number of primary amides is 1. The highest BCUT2D eigenvalue weighted by Crippen LogP contribution is 2.12. The fourth-order valence-electron chi connectivity index (χ4n) is 1.08. The van der Waals surface area contributed by atoms with Crippen LogP contribution in [0.25, 0.3) is 0 Å². The van der Waals surface area contributed by atoms with Gasteiger partial charge in [-0.3, -0.25) is 9.35 Å². The zero-order valence-electron chi connectivity index (χ0n) is 7.62. The van der Waals surface area contributed by atoms with E-state index in [1.165, 1.54) is 12.1 Å². The van der Waals surface area contributed by atoms with E-state index in [9.17, 15) is 13.2 Å². The molecule has 0 spiro atoms. The van der Waals surface area contributed by atoms with Crippen LogP contribution in [0.2, 0.25) is 0 Å². The van der Waals surface area contributed by atoms with Gasteiger partial charge in [-0.25, -0.2) is 0 Å². The largest absolute Gasteiger partial charge is 0.368 e. The predicted molar refractivity (Wildman–Crippen MR) is 53.1 cm³/mol. The maximum absolute atomic E-state index is 11.0. The van der Waals surface area contributed by atoms with E-state index in [1.54, 1.807) is 22.9 Å². The van der Waals surface area contributed by atoms with E-state index in [0.717, 1.165) is 0 Å². The molecule has 0 saturated heterocycles. The van der Waals surface area contributed by atoms with Crippen molar-refractivity contribution in [2.24, 2.45) is 5.73 Å². The van der Waals surface area contributed by atoms with Gasteiger partial charge in [0.05, 0.1) is 0 Å². The Labute approximate surface area is 87.0 Å². The molecule has 0 aliphatic rings. The molecule has 4 N–H and O–H groups in total. The van der Waals surface area contributed by atoms with Crippen molar-refractivity contribution in [2.75, 3.05) is 0 Å². The summed E-state index contributed by atoms with van der Waals surface area (Å²) in [5.74, 6) is -0.890. The minimum Gasteiger partial charge on any atom is -0.368 e. The number of carbonyl (C=O) groups is 1. The molecule has 1 rings (SSSR count). The Bertz CT molecular complexity index is 443. The summed E-state index contributed by atoms with van der Waals surface area (Å²) in [6, 6.07) is 6.73. The molecule has 7 heteroatoms. The van der Waals surface area contributed by atoms with E-state index in [1.807, 2.05) is 0 Å². The van der Waals surface area contributed by atoms with Gasteiger partial charge < -0.3 is 5.73 Å². The zero-order valence-corrected chi connectivity index (χ0v) is 8.44. The molecule has 0 saturated carbocycles. The van der Waals surface area contributed by atoms with Crippen molar-refractivity contribution >= 4 is 16.2 Å². The van der Waals surface area contributed by atoms with Gasteiger partial charge in [0.15, 0.2) is 0 Å². The van der Waals surface area contributed by atoms with Crippen LogP contribution >= 0.6 is 0 Å². The average molecular weight is 230 g/mol. The molecule has 0 bridgehead atoms. The van der Waals surface area contributed by atoms with Gasteiger partial charge >= 0.3 is 10.3 Å². The number of carbonyl (C=O) groups excluding carboxylic acids is 1. The van der Waals surface area contributed by atoms with Crippen LogP contribution in [0, 0.1) is 0 Å². The number of hydrogen-bond acceptors (Lipinski definition) is 3. The molecular formula is C8H10N2O4S. The molecule has 82 valence electrons. The van der Waals surface area contributed by atoms with E-state index >= 15 is 0 Å². The SMILES string of the molecule is NC(=O)C(NS(=O)(=O)O)c1ccccc1. The van der Waals surface area contributed by atoms with Crippen molar-refractivity contribution in [3.63, 3.8) is 0 Å². The first-order chi connectivity index (χ1) is 6.90. The fraction of sp³-hybridized carbons (Fsp3) is 0.125. The Kier molecular flexibility index (Phi) is 3.40. The Balaban J connectivity index is 3.00. The van der Waals surface area contributed by atoms with Crippen LogP contribution in [0.5, 0.6) is 0 Å². The van der Waals surface area contributed by atoms with Crippen molar-refractivity contribution in [1.82, 2.24) is 4.72 Å². The number of hydrogen-bond donors (Lipinski definition) is 3. The normalized spacial score (nSPS) is 13.4. The summed E-state index contributed by atoms with van der Waals surface area (Å²) in [7, 11) is -4.47. The molecule has 1 aromatic rings. The Morgan fingerprint density at radius 3 is 2.27 bits per heavy atom. The van der Waals surface area contributed by atoms with Gasteiger partial charge in [0, 0.05) is 0 Å².